The van der Waals surface area contributed by atoms with Crippen molar-refractivity contribution in [1.82, 2.24) is 9.80 Å². The van der Waals surface area contributed by atoms with Gasteiger partial charge in [-0.3, -0.25) is 0 Å². The van der Waals surface area contributed by atoms with Gasteiger partial charge in [-0.05, 0) is 39.9 Å². The van der Waals surface area contributed by atoms with Crippen molar-refractivity contribution in [3.63, 3.8) is 0 Å². The summed E-state index contributed by atoms with van der Waals surface area (Å²) in [5, 5.41) is 9.06. The van der Waals surface area contributed by atoms with Crippen LogP contribution in [0.3, 0.4) is 0 Å². The Bertz CT molecular complexity index is 179. The van der Waals surface area contributed by atoms with Gasteiger partial charge in [-0.1, -0.05) is 0 Å². The van der Waals surface area contributed by atoms with Crippen LogP contribution in [-0.2, 0) is 0 Å². The van der Waals surface area contributed by atoms with E-state index < -0.39 is 5.54 Å². The van der Waals surface area contributed by atoms with Crippen molar-refractivity contribution in [3.8, 4) is 0 Å². The molecule has 1 rings (SSSR count). The second-order valence-electron chi connectivity index (χ2n) is 5.10. The molecule has 1 unspecified atom stereocenters. The van der Waals surface area contributed by atoms with Gasteiger partial charge >= 0.3 is 0 Å². The zero-order chi connectivity index (χ0) is 11.3. The minimum Gasteiger partial charge on any atom is -0.394 e. The van der Waals surface area contributed by atoms with E-state index in [1.54, 1.807) is 0 Å². The maximum absolute atomic E-state index is 9.06. The smallest absolute Gasteiger partial charge is 0.0621 e. The number of nitrogens with zero attached hydrogens (tertiary/aromatic N) is 2. The molecule has 3 N–H and O–H groups in total. The SMILES string of the molecule is CN(CCN1CCCC1)CC(C)(N)CO. The Hall–Kier alpha value is -0.160. The number of nitrogens with two attached hydrogens (primary N) is 1. The lowest BCUT2D eigenvalue weighted by Gasteiger charge is -2.29. The summed E-state index contributed by atoms with van der Waals surface area (Å²) < 4.78 is 0. The van der Waals surface area contributed by atoms with Crippen molar-refractivity contribution in [1.29, 1.82) is 0 Å². The molecule has 4 heteroatoms. The summed E-state index contributed by atoms with van der Waals surface area (Å²) in [6.07, 6.45) is 2.68. The van der Waals surface area contributed by atoms with Crippen LogP contribution >= 0.6 is 0 Å². The first-order chi connectivity index (χ1) is 7.03. The molecule has 90 valence electrons. The zero-order valence-corrected chi connectivity index (χ0v) is 10.1. The Morgan fingerprint density at radius 1 is 1.40 bits per heavy atom. The zero-order valence-electron chi connectivity index (χ0n) is 10.1. The second-order valence-corrected chi connectivity index (χ2v) is 5.10. The third kappa shape index (κ3) is 4.93. The Labute approximate surface area is 93.0 Å². The van der Waals surface area contributed by atoms with E-state index in [1.165, 1.54) is 25.9 Å². The third-order valence-corrected chi connectivity index (χ3v) is 2.99. The summed E-state index contributed by atoms with van der Waals surface area (Å²) in [5.74, 6) is 0. The second kappa shape index (κ2) is 5.80. The molecule has 0 radical (unpaired) electrons. The molecule has 0 aromatic carbocycles. The van der Waals surface area contributed by atoms with E-state index >= 15 is 0 Å². The van der Waals surface area contributed by atoms with E-state index in [2.05, 4.69) is 16.8 Å². The standard InChI is InChI=1S/C11H25N3O/c1-11(12,10-15)9-13(2)7-8-14-5-3-4-6-14/h15H,3-10,12H2,1-2H3. The number of rotatable bonds is 6. The molecule has 1 aliphatic rings. The fourth-order valence-electron chi connectivity index (χ4n) is 2.06. The molecule has 0 bridgehead atoms. The highest BCUT2D eigenvalue weighted by Gasteiger charge is 2.20. The predicted molar refractivity (Wildman–Crippen MR) is 62.8 cm³/mol. The molecule has 0 aromatic rings. The number of aliphatic hydroxyl groups excluding tert-OH is 1. The van der Waals surface area contributed by atoms with Gasteiger partial charge in [0.15, 0.2) is 0 Å². The van der Waals surface area contributed by atoms with Crippen LogP contribution in [0.2, 0.25) is 0 Å². The Kier molecular flexibility index (Phi) is 4.99. The Morgan fingerprint density at radius 3 is 2.53 bits per heavy atom. The van der Waals surface area contributed by atoms with Gasteiger partial charge in [-0.25, -0.2) is 0 Å². The maximum atomic E-state index is 9.06. The van der Waals surface area contributed by atoms with Crippen molar-refractivity contribution in [3.05, 3.63) is 0 Å². The lowest BCUT2D eigenvalue weighted by Crippen LogP contribution is -2.50. The van der Waals surface area contributed by atoms with Crippen LogP contribution in [0.25, 0.3) is 0 Å². The van der Waals surface area contributed by atoms with E-state index in [4.69, 9.17) is 10.8 Å². The van der Waals surface area contributed by atoms with Crippen LogP contribution in [0.5, 0.6) is 0 Å². The molecule has 0 amide bonds. The van der Waals surface area contributed by atoms with Crippen LogP contribution in [0.1, 0.15) is 19.8 Å². The van der Waals surface area contributed by atoms with Crippen molar-refractivity contribution in [2.75, 3.05) is 46.4 Å². The van der Waals surface area contributed by atoms with Crippen molar-refractivity contribution >= 4 is 0 Å². The quantitative estimate of drug-likeness (QED) is 0.640. The topological polar surface area (TPSA) is 52.7 Å². The van der Waals surface area contributed by atoms with Gasteiger partial charge < -0.3 is 20.6 Å². The molecule has 15 heavy (non-hydrogen) atoms. The van der Waals surface area contributed by atoms with E-state index in [-0.39, 0.29) is 6.61 Å². The van der Waals surface area contributed by atoms with Gasteiger partial charge in [0.1, 0.15) is 0 Å². The normalized spacial score (nSPS) is 22.2. The summed E-state index contributed by atoms with van der Waals surface area (Å²) in [7, 11) is 2.07. The van der Waals surface area contributed by atoms with Gasteiger partial charge in [0.05, 0.1) is 6.61 Å². The molecule has 0 saturated carbocycles. The summed E-state index contributed by atoms with van der Waals surface area (Å²) in [4.78, 5) is 4.69. The molecule has 1 aliphatic heterocycles. The molecule has 0 aromatic heterocycles. The largest absolute Gasteiger partial charge is 0.394 e. The van der Waals surface area contributed by atoms with Gasteiger partial charge in [-0.2, -0.15) is 0 Å². The first kappa shape index (κ1) is 12.9. The van der Waals surface area contributed by atoms with Gasteiger partial charge in [0.2, 0.25) is 0 Å². The number of likely N-dealkylation sites (tertiary alicyclic amines) is 1. The predicted octanol–water partition coefficient (Wildman–Crippen LogP) is -0.276. The lowest BCUT2D eigenvalue weighted by atomic mass is 10.1. The van der Waals surface area contributed by atoms with Crippen molar-refractivity contribution < 1.29 is 5.11 Å². The summed E-state index contributed by atoms with van der Waals surface area (Å²) in [6, 6.07) is 0. The van der Waals surface area contributed by atoms with Crippen LogP contribution in [0, 0.1) is 0 Å². The minimum atomic E-state index is -0.472. The molecule has 0 spiro atoms. The van der Waals surface area contributed by atoms with Crippen molar-refractivity contribution in [2.24, 2.45) is 5.73 Å². The average Bonchev–Trinajstić information content (AvgIpc) is 2.66. The van der Waals surface area contributed by atoms with Gasteiger partial charge in [-0.15, -0.1) is 0 Å². The van der Waals surface area contributed by atoms with E-state index in [0.29, 0.717) is 0 Å². The summed E-state index contributed by atoms with van der Waals surface area (Å²) in [5.41, 5.74) is 5.42. The highest BCUT2D eigenvalue weighted by atomic mass is 16.3. The molecule has 4 nitrogen and oxygen atoms in total. The van der Waals surface area contributed by atoms with Gasteiger partial charge in [0, 0.05) is 25.2 Å². The van der Waals surface area contributed by atoms with E-state index in [1.807, 2.05) is 6.92 Å². The molecule has 1 fully saturated rings. The average molecular weight is 215 g/mol. The first-order valence-corrected chi connectivity index (χ1v) is 5.84. The molecular formula is C11H25N3O. The van der Waals surface area contributed by atoms with E-state index in [0.717, 1.165) is 19.6 Å². The maximum Gasteiger partial charge on any atom is 0.0621 e. The Balaban J connectivity index is 2.15. The monoisotopic (exact) mass is 215 g/mol. The molecule has 1 saturated heterocycles. The highest BCUT2D eigenvalue weighted by molar-refractivity contribution is 4.81. The molecular weight excluding hydrogens is 190 g/mol. The third-order valence-electron chi connectivity index (χ3n) is 2.99. The lowest BCUT2D eigenvalue weighted by molar-refractivity contribution is 0.155. The molecule has 1 atom stereocenters. The fourth-order valence-corrected chi connectivity index (χ4v) is 2.06. The minimum absolute atomic E-state index is 0.0427. The number of hydrogen-bond donors (Lipinski definition) is 2. The number of hydrogen-bond acceptors (Lipinski definition) is 4. The summed E-state index contributed by atoms with van der Waals surface area (Å²) >= 11 is 0. The number of likely N-dealkylation sites (N-methyl/N-ethyl adjacent to an activating group) is 1. The first-order valence-electron chi connectivity index (χ1n) is 5.84. The fraction of sp³-hybridized carbons (Fsp3) is 1.00. The van der Waals surface area contributed by atoms with Crippen LogP contribution in [0.4, 0.5) is 0 Å². The van der Waals surface area contributed by atoms with Crippen LogP contribution in [0.15, 0.2) is 0 Å². The Morgan fingerprint density at radius 2 is 2.00 bits per heavy atom. The van der Waals surface area contributed by atoms with Crippen molar-refractivity contribution in [2.45, 2.75) is 25.3 Å². The summed E-state index contributed by atoms with van der Waals surface area (Å²) in [6.45, 7) is 7.32. The molecule has 0 aliphatic carbocycles. The molecule has 1 heterocycles. The highest BCUT2D eigenvalue weighted by Crippen LogP contribution is 2.07. The van der Waals surface area contributed by atoms with Crippen LogP contribution in [-0.4, -0.2) is 66.8 Å². The number of aliphatic hydroxyl groups is 1. The van der Waals surface area contributed by atoms with Gasteiger partial charge in [0.25, 0.3) is 0 Å². The van der Waals surface area contributed by atoms with E-state index in [9.17, 15) is 0 Å². The van der Waals surface area contributed by atoms with Crippen LogP contribution < -0.4 is 5.73 Å².